The van der Waals surface area contributed by atoms with Crippen molar-refractivity contribution in [3.63, 3.8) is 0 Å². The second-order valence-corrected chi connectivity index (χ2v) is 6.67. The number of likely N-dealkylation sites (tertiary alicyclic amines) is 1. The molecule has 2 bridgehead atoms. The molecule has 0 aromatic carbocycles. The molecule has 1 saturated heterocycles. The largest absolute Gasteiger partial charge is 0.335 e. The van der Waals surface area contributed by atoms with Gasteiger partial charge in [-0.15, -0.1) is 5.10 Å². The monoisotopic (exact) mass is 283 g/mol. The van der Waals surface area contributed by atoms with E-state index in [1.54, 1.807) is 23.0 Å². The Hall–Kier alpha value is -1.98. The summed E-state index contributed by atoms with van der Waals surface area (Å²) < 4.78 is 1.56. The highest BCUT2D eigenvalue weighted by atomic mass is 16.2. The SMILES string of the molecule is O=C(c1nc2ncccn2n1)N1C[C@@H]2[C@@H]3CC[C@@H](C3)[C@@H]2C1. The van der Waals surface area contributed by atoms with Crippen molar-refractivity contribution in [1.82, 2.24) is 24.5 Å². The molecule has 3 heterocycles. The van der Waals surface area contributed by atoms with E-state index < -0.39 is 0 Å². The molecule has 108 valence electrons. The summed E-state index contributed by atoms with van der Waals surface area (Å²) in [5.74, 6) is 3.89. The van der Waals surface area contributed by atoms with E-state index >= 15 is 0 Å². The van der Waals surface area contributed by atoms with Crippen LogP contribution in [-0.2, 0) is 0 Å². The van der Waals surface area contributed by atoms with Gasteiger partial charge in [-0.05, 0) is 49.0 Å². The fourth-order valence-corrected chi connectivity index (χ4v) is 4.81. The molecule has 2 aromatic rings. The van der Waals surface area contributed by atoms with Crippen molar-refractivity contribution in [2.24, 2.45) is 23.7 Å². The Morgan fingerprint density at radius 3 is 2.67 bits per heavy atom. The van der Waals surface area contributed by atoms with Crippen LogP contribution in [0.1, 0.15) is 29.9 Å². The molecule has 4 atom stereocenters. The van der Waals surface area contributed by atoms with Crippen molar-refractivity contribution in [2.45, 2.75) is 19.3 Å². The van der Waals surface area contributed by atoms with E-state index in [0.717, 1.165) is 36.8 Å². The van der Waals surface area contributed by atoms with Gasteiger partial charge in [0.05, 0.1) is 0 Å². The van der Waals surface area contributed by atoms with E-state index in [9.17, 15) is 4.79 Å². The third-order valence-electron chi connectivity index (χ3n) is 5.73. The second-order valence-electron chi connectivity index (χ2n) is 6.67. The highest BCUT2D eigenvalue weighted by molar-refractivity contribution is 5.91. The maximum absolute atomic E-state index is 12.6. The number of carbonyl (C=O) groups is 1. The Morgan fingerprint density at radius 1 is 1.19 bits per heavy atom. The predicted molar refractivity (Wildman–Crippen MR) is 74.5 cm³/mol. The summed E-state index contributed by atoms with van der Waals surface area (Å²) >= 11 is 0. The lowest BCUT2D eigenvalue weighted by Gasteiger charge is -2.22. The van der Waals surface area contributed by atoms with Crippen LogP contribution >= 0.6 is 0 Å². The van der Waals surface area contributed by atoms with E-state index in [1.807, 2.05) is 4.90 Å². The first kappa shape index (κ1) is 11.7. The van der Waals surface area contributed by atoms with Crippen LogP contribution in [0.2, 0.25) is 0 Å². The number of hydrogen-bond donors (Lipinski definition) is 0. The number of carbonyl (C=O) groups excluding carboxylic acids is 1. The number of amides is 1. The molecule has 1 amide bonds. The van der Waals surface area contributed by atoms with E-state index in [-0.39, 0.29) is 11.7 Å². The van der Waals surface area contributed by atoms with E-state index in [4.69, 9.17) is 0 Å². The lowest BCUT2D eigenvalue weighted by Crippen LogP contribution is -2.31. The van der Waals surface area contributed by atoms with Gasteiger partial charge in [-0.2, -0.15) is 4.98 Å². The van der Waals surface area contributed by atoms with Gasteiger partial charge < -0.3 is 4.90 Å². The number of nitrogens with zero attached hydrogens (tertiary/aromatic N) is 5. The fraction of sp³-hybridized carbons (Fsp3) is 0.600. The van der Waals surface area contributed by atoms with Crippen LogP contribution in [0.25, 0.3) is 5.78 Å². The van der Waals surface area contributed by atoms with E-state index in [2.05, 4.69) is 15.1 Å². The maximum atomic E-state index is 12.6. The molecular formula is C15H17N5O. The van der Waals surface area contributed by atoms with Crippen LogP contribution in [0.15, 0.2) is 18.5 Å². The number of hydrogen-bond acceptors (Lipinski definition) is 4. The van der Waals surface area contributed by atoms with Gasteiger partial charge in [0, 0.05) is 25.5 Å². The molecule has 6 nitrogen and oxygen atoms in total. The van der Waals surface area contributed by atoms with Gasteiger partial charge in [-0.25, -0.2) is 9.50 Å². The van der Waals surface area contributed by atoms with Gasteiger partial charge in [-0.1, -0.05) is 0 Å². The van der Waals surface area contributed by atoms with Gasteiger partial charge >= 0.3 is 0 Å². The predicted octanol–water partition coefficient (Wildman–Crippen LogP) is 1.24. The molecule has 2 aromatic heterocycles. The Labute approximate surface area is 122 Å². The Bertz CT molecular complexity index is 675. The smallest absolute Gasteiger partial charge is 0.293 e. The van der Waals surface area contributed by atoms with Crippen molar-refractivity contribution < 1.29 is 4.79 Å². The molecule has 1 aliphatic heterocycles. The van der Waals surface area contributed by atoms with Crippen LogP contribution in [0.3, 0.4) is 0 Å². The minimum atomic E-state index is -0.0331. The van der Waals surface area contributed by atoms with Crippen LogP contribution in [0.4, 0.5) is 0 Å². The molecule has 0 spiro atoms. The van der Waals surface area contributed by atoms with Gasteiger partial charge in [0.1, 0.15) is 0 Å². The summed E-state index contributed by atoms with van der Waals surface area (Å²) in [6.07, 6.45) is 7.56. The molecule has 21 heavy (non-hydrogen) atoms. The van der Waals surface area contributed by atoms with Gasteiger partial charge in [0.2, 0.25) is 5.82 Å². The second kappa shape index (κ2) is 4.02. The zero-order valence-electron chi connectivity index (χ0n) is 11.7. The minimum Gasteiger partial charge on any atom is -0.335 e. The van der Waals surface area contributed by atoms with Crippen LogP contribution in [0, 0.1) is 23.7 Å². The van der Waals surface area contributed by atoms with Crippen LogP contribution < -0.4 is 0 Å². The molecule has 3 aliphatic rings. The molecule has 0 N–H and O–H groups in total. The van der Waals surface area contributed by atoms with Crippen molar-refractivity contribution in [3.8, 4) is 0 Å². The van der Waals surface area contributed by atoms with Crippen molar-refractivity contribution >= 4 is 11.7 Å². The summed E-state index contributed by atoms with van der Waals surface area (Å²) in [4.78, 5) is 23.0. The first-order valence-corrected chi connectivity index (χ1v) is 7.76. The van der Waals surface area contributed by atoms with Gasteiger partial charge in [0.25, 0.3) is 11.7 Å². The number of aromatic nitrogens is 4. The highest BCUT2D eigenvalue weighted by Gasteiger charge is 2.52. The average molecular weight is 283 g/mol. The lowest BCUT2D eigenvalue weighted by atomic mass is 9.82. The summed E-state index contributed by atoms with van der Waals surface area (Å²) in [6.45, 7) is 1.79. The molecule has 0 radical (unpaired) electrons. The Balaban J connectivity index is 1.42. The third-order valence-corrected chi connectivity index (χ3v) is 5.73. The Kier molecular flexibility index (Phi) is 2.23. The zero-order chi connectivity index (χ0) is 14.0. The third kappa shape index (κ3) is 1.58. The summed E-state index contributed by atoms with van der Waals surface area (Å²) in [6, 6.07) is 1.79. The standard InChI is InChI=1S/C15H17N5O/c21-14(13-17-15-16-4-1-5-20(15)18-13)19-7-11-9-2-3-10(6-9)12(11)8-19/h1,4-5,9-12H,2-3,6-8H2/t9-,10+,11-,12+. The minimum absolute atomic E-state index is 0.0331. The number of rotatable bonds is 1. The van der Waals surface area contributed by atoms with E-state index in [0.29, 0.717) is 5.78 Å². The topological polar surface area (TPSA) is 63.4 Å². The lowest BCUT2D eigenvalue weighted by molar-refractivity contribution is 0.0764. The molecule has 6 heteroatoms. The van der Waals surface area contributed by atoms with Gasteiger partial charge in [0.15, 0.2) is 0 Å². The normalized spacial score (nSPS) is 33.8. The quantitative estimate of drug-likeness (QED) is 0.790. The fourth-order valence-electron chi connectivity index (χ4n) is 4.81. The average Bonchev–Trinajstić information content (AvgIpc) is 3.24. The summed E-state index contributed by atoms with van der Waals surface area (Å²) in [5, 5.41) is 4.26. The van der Waals surface area contributed by atoms with Crippen molar-refractivity contribution in [3.05, 3.63) is 24.3 Å². The molecule has 5 rings (SSSR count). The molecule has 0 unspecified atom stereocenters. The van der Waals surface area contributed by atoms with Crippen LogP contribution in [-0.4, -0.2) is 43.5 Å². The summed E-state index contributed by atoms with van der Waals surface area (Å²) in [5.41, 5.74) is 0. The first-order chi connectivity index (χ1) is 10.3. The molecule has 3 fully saturated rings. The first-order valence-electron chi connectivity index (χ1n) is 7.76. The Morgan fingerprint density at radius 2 is 1.95 bits per heavy atom. The molecule has 2 saturated carbocycles. The molecule has 2 aliphatic carbocycles. The van der Waals surface area contributed by atoms with Crippen LogP contribution in [0.5, 0.6) is 0 Å². The highest BCUT2D eigenvalue weighted by Crippen LogP contribution is 2.55. The molecular weight excluding hydrogens is 266 g/mol. The van der Waals surface area contributed by atoms with Crippen molar-refractivity contribution in [1.29, 1.82) is 0 Å². The summed E-state index contributed by atoms with van der Waals surface area (Å²) in [7, 11) is 0. The van der Waals surface area contributed by atoms with E-state index in [1.165, 1.54) is 19.3 Å². The van der Waals surface area contributed by atoms with Gasteiger partial charge in [-0.3, -0.25) is 4.79 Å². The maximum Gasteiger partial charge on any atom is 0.293 e. The number of fused-ring (bicyclic) bond motifs is 6. The zero-order valence-corrected chi connectivity index (χ0v) is 11.7. The van der Waals surface area contributed by atoms with Crippen molar-refractivity contribution in [2.75, 3.05) is 13.1 Å².